The molecule has 4 heteroatoms. The van der Waals surface area contributed by atoms with E-state index in [2.05, 4.69) is 42.5 Å². The molecule has 110 valence electrons. The zero-order valence-electron chi connectivity index (χ0n) is 12.7. The maximum atomic E-state index is 5.98. The van der Waals surface area contributed by atoms with E-state index < -0.39 is 0 Å². The van der Waals surface area contributed by atoms with Gasteiger partial charge in [-0.05, 0) is 26.3 Å². The summed E-state index contributed by atoms with van der Waals surface area (Å²) in [6, 6.07) is 8.25. The van der Waals surface area contributed by atoms with E-state index in [9.17, 15) is 0 Å². The average Bonchev–Trinajstić information content (AvgIpc) is 2.87. The molecule has 0 saturated carbocycles. The molecule has 0 bridgehead atoms. The first-order chi connectivity index (χ1) is 10.1. The number of hydrogen-bond acceptors (Lipinski definition) is 2. The van der Waals surface area contributed by atoms with Crippen molar-refractivity contribution in [3.8, 4) is 0 Å². The van der Waals surface area contributed by atoms with E-state index in [4.69, 9.17) is 16.6 Å². The van der Waals surface area contributed by atoms with Gasteiger partial charge in [0, 0.05) is 23.2 Å². The standard InChI is InChI=1S/C17H20ClN3/c1-4-17(2,3)21-15(9-10-18)20-14-11-19-13-8-6-5-7-12(13)16(14)21/h5-8,11H,4,9-10H2,1-3H3. The van der Waals surface area contributed by atoms with Crippen molar-refractivity contribution in [1.29, 1.82) is 0 Å². The quantitative estimate of drug-likeness (QED) is 0.664. The highest BCUT2D eigenvalue weighted by atomic mass is 35.5. The minimum Gasteiger partial charge on any atom is -0.322 e. The predicted octanol–water partition coefficient (Wildman–Crippen LogP) is 4.51. The molecule has 0 spiro atoms. The third-order valence-corrected chi connectivity index (χ3v) is 4.44. The first-order valence-electron chi connectivity index (χ1n) is 7.40. The molecular weight excluding hydrogens is 282 g/mol. The highest BCUT2D eigenvalue weighted by Crippen LogP contribution is 2.32. The van der Waals surface area contributed by atoms with E-state index in [-0.39, 0.29) is 5.54 Å². The molecule has 0 amide bonds. The van der Waals surface area contributed by atoms with Crippen LogP contribution in [-0.4, -0.2) is 20.4 Å². The number of rotatable bonds is 4. The lowest BCUT2D eigenvalue weighted by atomic mass is 10.0. The number of benzene rings is 1. The van der Waals surface area contributed by atoms with Crippen LogP contribution in [0.5, 0.6) is 0 Å². The summed E-state index contributed by atoms with van der Waals surface area (Å²) < 4.78 is 2.36. The normalized spacial score (nSPS) is 12.4. The molecule has 2 aromatic heterocycles. The third kappa shape index (κ3) is 2.30. The van der Waals surface area contributed by atoms with Crippen LogP contribution in [-0.2, 0) is 12.0 Å². The van der Waals surface area contributed by atoms with Crippen molar-refractivity contribution >= 4 is 33.5 Å². The largest absolute Gasteiger partial charge is 0.322 e. The topological polar surface area (TPSA) is 30.7 Å². The van der Waals surface area contributed by atoms with Crippen molar-refractivity contribution in [3.05, 3.63) is 36.3 Å². The van der Waals surface area contributed by atoms with E-state index >= 15 is 0 Å². The molecule has 21 heavy (non-hydrogen) atoms. The Kier molecular flexibility index (Phi) is 3.62. The van der Waals surface area contributed by atoms with Gasteiger partial charge in [-0.2, -0.15) is 0 Å². The van der Waals surface area contributed by atoms with Gasteiger partial charge >= 0.3 is 0 Å². The maximum Gasteiger partial charge on any atom is 0.111 e. The Bertz CT molecular complexity index is 789. The van der Waals surface area contributed by atoms with E-state index in [0.717, 1.165) is 35.1 Å². The van der Waals surface area contributed by atoms with Gasteiger partial charge in [0.15, 0.2) is 0 Å². The van der Waals surface area contributed by atoms with Gasteiger partial charge in [-0.3, -0.25) is 4.98 Å². The lowest BCUT2D eigenvalue weighted by molar-refractivity contribution is 0.342. The van der Waals surface area contributed by atoms with Crippen LogP contribution < -0.4 is 0 Å². The monoisotopic (exact) mass is 301 g/mol. The molecule has 0 saturated heterocycles. The number of aromatic nitrogens is 3. The van der Waals surface area contributed by atoms with Gasteiger partial charge in [0.2, 0.25) is 0 Å². The maximum absolute atomic E-state index is 5.98. The second-order valence-corrected chi connectivity index (χ2v) is 6.36. The molecule has 0 N–H and O–H groups in total. The lowest BCUT2D eigenvalue weighted by Crippen LogP contribution is -2.27. The van der Waals surface area contributed by atoms with Crippen molar-refractivity contribution in [2.75, 3.05) is 5.88 Å². The Hall–Kier alpha value is -1.61. The number of hydrogen-bond donors (Lipinski definition) is 0. The zero-order valence-corrected chi connectivity index (χ0v) is 13.5. The summed E-state index contributed by atoms with van der Waals surface area (Å²) in [5, 5.41) is 1.16. The minimum atomic E-state index is 0.000265. The highest BCUT2D eigenvalue weighted by Gasteiger charge is 2.25. The van der Waals surface area contributed by atoms with Crippen LogP contribution >= 0.6 is 11.6 Å². The number of imidazole rings is 1. The molecule has 1 aromatic carbocycles. The summed E-state index contributed by atoms with van der Waals surface area (Å²) in [5.74, 6) is 1.62. The van der Waals surface area contributed by atoms with Crippen molar-refractivity contribution in [2.24, 2.45) is 0 Å². The molecule has 0 unspecified atom stereocenters. The van der Waals surface area contributed by atoms with Gasteiger partial charge in [-0.25, -0.2) is 4.98 Å². The second kappa shape index (κ2) is 5.30. The first kappa shape index (κ1) is 14.3. The molecule has 0 aliphatic carbocycles. The van der Waals surface area contributed by atoms with Gasteiger partial charge in [0.25, 0.3) is 0 Å². The van der Waals surface area contributed by atoms with Crippen molar-refractivity contribution in [3.63, 3.8) is 0 Å². The molecule has 0 radical (unpaired) electrons. The number of fused-ring (bicyclic) bond motifs is 3. The SMILES string of the molecule is CCC(C)(C)n1c(CCCl)nc2cnc3ccccc3c21. The van der Waals surface area contributed by atoms with Crippen LogP contribution in [0.3, 0.4) is 0 Å². The third-order valence-electron chi connectivity index (χ3n) is 4.25. The van der Waals surface area contributed by atoms with E-state index in [1.807, 2.05) is 18.3 Å². The number of pyridine rings is 1. The minimum absolute atomic E-state index is 0.000265. The Morgan fingerprint density at radius 3 is 2.67 bits per heavy atom. The van der Waals surface area contributed by atoms with Crippen molar-refractivity contribution in [1.82, 2.24) is 14.5 Å². The van der Waals surface area contributed by atoms with Gasteiger partial charge in [0.1, 0.15) is 11.3 Å². The molecule has 0 aliphatic rings. The molecule has 0 atom stereocenters. The fourth-order valence-corrected chi connectivity index (χ4v) is 2.98. The Morgan fingerprint density at radius 1 is 1.19 bits per heavy atom. The molecule has 2 heterocycles. The molecule has 3 aromatic rings. The van der Waals surface area contributed by atoms with Crippen LogP contribution in [0, 0.1) is 0 Å². The highest BCUT2D eigenvalue weighted by molar-refractivity contribution is 6.18. The summed E-state index contributed by atoms with van der Waals surface area (Å²) in [4.78, 5) is 9.31. The lowest BCUT2D eigenvalue weighted by Gasteiger charge is -2.28. The van der Waals surface area contributed by atoms with E-state index in [1.54, 1.807) is 0 Å². The van der Waals surface area contributed by atoms with Crippen LogP contribution in [0.1, 0.15) is 33.0 Å². The Morgan fingerprint density at radius 2 is 1.95 bits per heavy atom. The first-order valence-corrected chi connectivity index (χ1v) is 7.93. The van der Waals surface area contributed by atoms with Crippen LogP contribution in [0.2, 0.25) is 0 Å². The number of aryl methyl sites for hydroxylation is 1. The Balaban J connectivity index is 2.44. The zero-order chi connectivity index (χ0) is 15.0. The van der Waals surface area contributed by atoms with E-state index in [1.165, 1.54) is 5.52 Å². The fraction of sp³-hybridized carbons (Fsp3) is 0.412. The summed E-state index contributed by atoms with van der Waals surface area (Å²) in [5.41, 5.74) is 3.14. The van der Waals surface area contributed by atoms with Crippen molar-refractivity contribution in [2.45, 2.75) is 39.2 Å². The molecule has 3 rings (SSSR count). The molecule has 3 nitrogen and oxygen atoms in total. The fourth-order valence-electron chi connectivity index (χ4n) is 2.81. The van der Waals surface area contributed by atoms with E-state index in [0.29, 0.717) is 5.88 Å². The van der Waals surface area contributed by atoms with Gasteiger partial charge < -0.3 is 4.57 Å². The number of nitrogens with zero attached hydrogens (tertiary/aromatic N) is 3. The Labute approximate surface area is 130 Å². The summed E-state index contributed by atoms with van der Waals surface area (Å²) in [6.45, 7) is 6.71. The van der Waals surface area contributed by atoms with Crippen molar-refractivity contribution < 1.29 is 0 Å². The number of para-hydroxylation sites is 1. The summed E-state index contributed by atoms with van der Waals surface area (Å²) in [6.07, 6.45) is 3.68. The van der Waals surface area contributed by atoms with Gasteiger partial charge in [0.05, 0.1) is 17.2 Å². The van der Waals surface area contributed by atoms with Gasteiger partial charge in [-0.1, -0.05) is 25.1 Å². The number of halogens is 1. The molecule has 0 fully saturated rings. The molecular formula is C17H20ClN3. The molecule has 0 aliphatic heterocycles. The van der Waals surface area contributed by atoms with Gasteiger partial charge in [-0.15, -0.1) is 11.6 Å². The predicted molar refractivity (Wildman–Crippen MR) is 89.1 cm³/mol. The van der Waals surface area contributed by atoms with Crippen LogP contribution in [0.15, 0.2) is 30.5 Å². The average molecular weight is 302 g/mol. The smallest absolute Gasteiger partial charge is 0.111 e. The number of alkyl halides is 1. The van der Waals surface area contributed by atoms with Crippen LogP contribution in [0.4, 0.5) is 0 Å². The summed E-state index contributed by atoms with van der Waals surface area (Å²) >= 11 is 5.98. The second-order valence-electron chi connectivity index (χ2n) is 5.98. The summed E-state index contributed by atoms with van der Waals surface area (Å²) in [7, 11) is 0. The van der Waals surface area contributed by atoms with Crippen LogP contribution in [0.25, 0.3) is 21.9 Å².